The number of carboxylic acid groups (broad SMARTS) is 1. The largest absolute Gasteiger partial charge is 0.478 e. The van der Waals surface area contributed by atoms with Gasteiger partial charge in [0.25, 0.3) is 0 Å². The summed E-state index contributed by atoms with van der Waals surface area (Å²) >= 11 is 0. The second-order valence-electron chi connectivity index (χ2n) is 6.48. The zero-order chi connectivity index (χ0) is 19.1. The number of aryl methyl sites for hydroxylation is 2. The van der Waals surface area contributed by atoms with Crippen LogP contribution in [0.4, 0.5) is 4.39 Å². The van der Waals surface area contributed by atoms with Crippen LogP contribution in [-0.4, -0.2) is 30.2 Å². The quantitative estimate of drug-likeness (QED) is 0.602. The van der Waals surface area contributed by atoms with Crippen molar-refractivity contribution in [2.24, 2.45) is 7.05 Å². The van der Waals surface area contributed by atoms with E-state index in [-0.39, 0.29) is 11.4 Å². The Morgan fingerprint density at radius 2 is 2.04 bits per heavy atom. The first-order chi connectivity index (χ1) is 12.9. The number of aromatic carboxylic acids is 1. The van der Waals surface area contributed by atoms with Crippen LogP contribution in [0, 0.1) is 12.7 Å². The molecule has 7 heteroatoms. The number of carbonyl (C=O) groups is 1. The molecular formula is C20H17FN4O2. The van der Waals surface area contributed by atoms with Crippen molar-refractivity contribution in [2.75, 3.05) is 0 Å². The molecule has 0 saturated carbocycles. The molecule has 27 heavy (non-hydrogen) atoms. The average molecular weight is 364 g/mol. The molecule has 3 aromatic heterocycles. The number of hydrogen-bond donors (Lipinski definition) is 1. The van der Waals surface area contributed by atoms with Crippen LogP contribution in [0.15, 0.2) is 49.1 Å². The second kappa shape index (κ2) is 6.35. The Bertz CT molecular complexity index is 1180. The number of imidazole rings is 1. The van der Waals surface area contributed by atoms with Gasteiger partial charge < -0.3 is 9.51 Å². The third kappa shape index (κ3) is 2.97. The highest BCUT2D eigenvalue weighted by molar-refractivity contribution is 5.94. The van der Waals surface area contributed by atoms with Crippen molar-refractivity contribution in [1.29, 1.82) is 0 Å². The fourth-order valence-electron chi connectivity index (χ4n) is 3.25. The summed E-state index contributed by atoms with van der Waals surface area (Å²) in [6, 6.07) is 6.64. The van der Waals surface area contributed by atoms with Crippen LogP contribution in [0.2, 0.25) is 0 Å². The first-order valence-corrected chi connectivity index (χ1v) is 8.40. The van der Waals surface area contributed by atoms with Crippen molar-refractivity contribution in [1.82, 2.24) is 19.2 Å². The maximum Gasteiger partial charge on any atom is 0.339 e. The summed E-state index contributed by atoms with van der Waals surface area (Å²) in [5.41, 5.74) is 4.16. The van der Waals surface area contributed by atoms with Crippen LogP contribution in [-0.2, 0) is 13.5 Å². The molecule has 0 unspecified atom stereocenters. The average Bonchev–Trinajstić information content (AvgIpc) is 3.28. The Morgan fingerprint density at radius 1 is 1.22 bits per heavy atom. The van der Waals surface area contributed by atoms with Gasteiger partial charge in [-0.1, -0.05) is 12.1 Å². The molecule has 1 aromatic carbocycles. The molecule has 0 aliphatic heterocycles. The van der Waals surface area contributed by atoms with Gasteiger partial charge in [0, 0.05) is 43.3 Å². The van der Waals surface area contributed by atoms with Crippen LogP contribution in [0.1, 0.15) is 27.2 Å². The standard InChI is InChI=1S/C20H17FN4O2/c1-12-15(8-17(20(26)27)19-22-5-6-25(12)19)7-14-4-3-13(9-18(14)21)16-10-23-24(2)11-16/h3-6,8-11H,7H2,1-2H3,(H,26,27). The van der Waals surface area contributed by atoms with Gasteiger partial charge in [-0.25, -0.2) is 14.2 Å². The van der Waals surface area contributed by atoms with E-state index in [1.807, 2.05) is 26.2 Å². The maximum atomic E-state index is 14.7. The van der Waals surface area contributed by atoms with Gasteiger partial charge in [-0.3, -0.25) is 4.68 Å². The molecule has 0 aliphatic carbocycles. The molecule has 136 valence electrons. The van der Waals surface area contributed by atoms with E-state index >= 15 is 0 Å². The molecule has 0 saturated heterocycles. The van der Waals surface area contributed by atoms with E-state index < -0.39 is 5.97 Å². The highest BCUT2D eigenvalue weighted by Gasteiger charge is 2.16. The fraction of sp³-hybridized carbons (Fsp3) is 0.150. The van der Waals surface area contributed by atoms with Crippen molar-refractivity contribution in [3.8, 4) is 11.1 Å². The molecule has 4 aromatic rings. The van der Waals surface area contributed by atoms with Gasteiger partial charge in [0.2, 0.25) is 0 Å². The lowest BCUT2D eigenvalue weighted by atomic mass is 9.99. The molecule has 1 N–H and O–H groups in total. The topological polar surface area (TPSA) is 72.4 Å². The van der Waals surface area contributed by atoms with Crippen LogP contribution in [0.5, 0.6) is 0 Å². The summed E-state index contributed by atoms with van der Waals surface area (Å²) in [6.45, 7) is 1.87. The number of halogens is 1. The highest BCUT2D eigenvalue weighted by Crippen LogP contribution is 2.25. The van der Waals surface area contributed by atoms with E-state index in [9.17, 15) is 14.3 Å². The molecule has 0 fully saturated rings. The molecule has 0 atom stereocenters. The minimum absolute atomic E-state index is 0.105. The van der Waals surface area contributed by atoms with Crippen molar-refractivity contribution in [3.63, 3.8) is 0 Å². The zero-order valence-corrected chi connectivity index (χ0v) is 14.8. The Labute approximate surface area is 154 Å². The lowest BCUT2D eigenvalue weighted by molar-refractivity contribution is 0.0698. The van der Waals surface area contributed by atoms with Gasteiger partial charge in [0.15, 0.2) is 5.65 Å². The summed E-state index contributed by atoms with van der Waals surface area (Å²) in [4.78, 5) is 15.7. The zero-order valence-electron chi connectivity index (χ0n) is 14.8. The van der Waals surface area contributed by atoms with Gasteiger partial charge in [-0.15, -0.1) is 0 Å². The van der Waals surface area contributed by atoms with E-state index in [0.717, 1.165) is 22.4 Å². The van der Waals surface area contributed by atoms with Crippen molar-refractivity contribution in [3.05, 3.63) is 77.3 Å². The molecule has 0 spiro atoms. The maximum absolute atomic E-state index is 14.7. The molecule has 0 amide bonds. The fourth-order valence-corrected chi connectivity index (χ4v) is 3.25. The Morgan fingerprint density at radius 3 is 2.70 bits per heavy atom. The van der Waals surface area contributed by atoms with Gasteiger partial charge in [-0.2, -0.15) is 5.10 Å². The Kier molecular flexibility index (Phi) is 3.99. The smallest absolute Gasteiger partial charge is 0.339 e. The molecule has 3 heterocycles. The van der Waals surface area contributed by atoms with E-state index in [1.165, 1.54) is 6.07 Å². The van der Waals surface area contributed by atoms with Gasteiger partial charge >= 0.3 is 5.97 Å². The second-order valence-corrected chi connectivity index (χ2v) is 6.48. The normalized spacial score (nSPS) is 11.2. The lowest BCUT2D eigenvalue weighted by Gasteiger charge is -2.12. The first kappa shape index (κ1) is 17.0. The third-order valence-corrected chi connectivity index (χ3v) is 4.73. The lowest BCUT2D eigenvalue weighted by Crippen LogP contribution is -2.07. The molecule has 6 nitrogen and oxygen atoms in total. The van der Waals surface area contributed by atoms with E-state index in [2.05, 4.69) is 10.1 Å². The van der Waals surface area contributed by atoms with Gasteiger partial charge in [0.05, 0.1) is 6.20 Å². The summed E-state index contributed by atoms with van der Waals surface area (Å²) < 4.78 is 18.1. The SMILES string of the molecule is Cc1c(Cc2ccc(-c3cnn(C)c3)cc2F)cc(C(=O)O)c2nccn12. The number of fused-ring (bicyclic) bond motifs is 1. The third-order valence-electron chi connectivity index (χ3n) is 4.73. The number of rotatable bonds is 4. The molecule has 0 radical (unpaired) electrons. The van der Waals surface area contributed by atoms with Crippen molar-refractivity contribution < 1.29 is 14.3 Å². The molecule has 4 rings (SSSR count). The van der Waals surface area contributed by atoms with E-state index in [1.54, 1.807) is 39.8 Å². The number of hydrogen-bond acceptors (Lipinski definition) is 3. The van der Waals surface area contributed by atoms with Crippen LogP contribution in [0.25, 0.3) is 16.8 Å². The first-order valence-electron chi connectivity index (χ1n) is 8.40. The summed E-state index contributed by atoms with van der Waals surface area (Å²) in [5, 5.41) is 13.6. The van der Waals surface area contributed by atoms with E-state index in [4.69, 9.17) is 0 Å². The predicted molar refractivity (Wildman–Crippen MR) is 98.3 cm³/mol. The Balaban J connectivity index is 1.74. The predicted octanol–water partition coefficient (Wildman–Crippen LogP) is 3.47. The van der Waals surface area contributed by atoms with Gasteiger partial charge in [-0.05, 0) is 35.7 Å². The Hall–Kier alpha value is -3.48. The van der Waals surface area contributed by atoms with Crippen LogP contribution in [0.3, 0.4) is 0 Å². The minimum Gasteiger partial charge on any atom is -0.478 e. The summed E-state index contributed by atoms with van der Waals surface area (Å²) in [5.74, 6) is -1.39. The molecular weight excluding hydrogens is 347 g/mol. The van der Waals surface area contributed by atoms with E-state index in [0.29, 0.717) is 17.6 Å². The van der Waals surface area contributed by atoms with Gasteiger partial charge in [0.1, 0.15) is 11.4 Å². The molecule has 0 bridgehead atoms. The number of nitrogens with zero attached hydrogens (tertiary/aromatic N) is 4. The monoisotopic (exact) mass is 364 g/mol. The van der Waals surface area contributed by atoms with Crippen molar-refractivity contribution in [2.45, 2.75) is 13.3 Å². The molecule has 0 aliphatic rings. The summed E-state index contributed by atoms with van der Waals surface area (Å²) in [7, 11) is 1.81. The number of benzene rings is 1. The highest BCUT2D eigenvalue weighted by atomic mass is 19.1. The summed E-state index contributed by atoms with van der Waals surface area (Å²) in [6.07, 6.45) is 7.07. The number of carboxylic acids is 1. The van der Waals surface area contributed by atoms with Crippen molar-refractivity contribution >= 4 is 11.6 Å². The van der Waals surface area contributed by atoms with Crippen LogP contribution < -0.4 is 0 Å². The minimum atomic E-state index is -1.06. The number of aromatic nitrogens is 4. The van der Waals surface area contributed by atoms with Crippen LogP contribution >= 0.6 is 0 Å². The number of pyridine rings is 1.